The number of carbonyl (C=O) groups is 2. The number of hydrogen-bond donors (Lipinski definition) is 1. The third-order valence-corrected chi connectivity index (χ3v) is 8.15. The smallest absolute Gasteiger partial charge is 0.301 e. The first-order valence-corrected chi connectivity index (χ1v) is 14.9. The van der Waals surface area contributed by atoms with Gasteiger partial charge in [-0.3, -0.25) is 14.5 Å². The van der Waals surface area contributed by atoms with Gasteiger partial charge in [-0.2, -0.15) is 0 Å². The molecule has 1 unspecified atom stereocenters. The number of benzene rings is 3. The number of thiazole rings is 1. The van der Waals surface area contributed by atoms with Gasteiger partial charge in [-0.1, -0.05) is 31.3 Å². The molecule has 3 aromatic carbocycles. The minimum atomic E-state index is -0.978. The van der Waals surface area contributed by atoms with Crippen LogP contribution in [-0.4, -0.2) is 49.2 Å². The van der Waals surface area contributed by atoms with Crippen molar-refractivity contribution in [1.29, 1.82) is 0 Å². The Hall–Kier alpha value is -4.57. The van der Waals surface area contributed by atoms with Crippen LogP contribution in [0, 0.1) is 5.92 Å². The number of aliphatic hydroxyl groups excluding tert-OH is 1. The molecule has 1 saturated heterocycles. The zero-order valence-electron chi connectivity index (χ0n) is 24.7. The topological polar surface area (TPSA) is 107 Å². The lowest BCUT2D eigenvalue weighted by molar-refractivity contribution is -0.132. The molecule has 0 saturated carbocycles. The lowest BCUT2D eigenvalue weighted by atomic mass is 9.95. The Morgan fingerprint density at radius 2 is 1.67 bits per heavy atom. The van der Waals surface area contributed by atoms with Crippen molar-refractivity contribution in [3.63, 3.8) is 0 Å². The molecule has 4 aromatic rings. The van der Waals surface area contributed by atoms with Gasteiger partial charge in [0.2, 0.25) is 0 Å². The van der Waals surface area contributed by atoms with Crippen LogP contribution in [0.15, 0.2) is 66.2 Å². The summed E-state index contributed by atoms with van der Waals surface area (Å²) < 4.78 is 23.4. The number of carbonyl (C=O) groups excluding carboxylic acids is 2. The number of rotatable bonds is 11. The lowest BCUT2D eigenvalue weighted by Crippen LogP contribution is -2.29. The Balaban J connectivity index is 1.66. The second-order valence-electron chi connectivity index (χ2n) is 10.4. The van der Waals surface area contributed by atoms with E-state index in [1.807, 2.05) is 13.0 Å². The quantitative estimate of drug-likeness (QED) is 0.114. The fourth-order valence-electron chi connectivity index (χ4n) is 4.86. The third-order valence-electron chi connectivity index (χ3n) is 7.13. The Labute approximate surface area is 254 Å². The Morgan fingerprint density at radius 1 is 0.953 bits per heavy atom. The Bertz CT molecular complexity index is 1680. The van der Waals surface area contributed by atoms with Crippen molar-refractivity contribution in [2.24, 2.45) is 5.92 Å². The summed E-state index contributed by atoms with van der Waals surface area (Å²) in [5, 5.41) is 11.8. The molecular weight excluding hydrogens is 568 g/mol. The van der Waals surface area contributed by atoms with Crippen LogP contribution in [0.2, 0.25) is 0 Å². The maximum absolute atomic E-state index is 13.7. The van der Waals surface area contributed by atoms with E-state index in [-0.39, 0.29) is 11.3 Å². The summed E-state index contributed by atoms with van der Waals surface area (Å²) >= 11 is 1.26. The fraction of sp³-hybridized carbons (Fsp3) is 0.303. The molecule has 224 valence electrons. The van der Waals surface area contributed by atoms with Crippen LogP contribution in [0.5, 0.6) is 23.0 Å². The molecule has 1 aliphatic rings. The van der Waals surface area contributed by atoms with Gasteiger partial charge < -0.3 is 24.1 Å². The van der Waals surface area contributed by atoms with E-state index in [0.717, 1.165) is 11.1 Å². The predicted molar refractivity (Wildman–Crippen MR) is 167 cm³/mol. The van der Waals surface area contributed by atoms with Crippen molar-refractivity contribution in [2.45, 2.75) is 33.2 Å². The number of anilines is 1. The first kappa shape index (κ1) is 29.9. The molecule has 1 aliphatic heterocycles. The molecule has 2 heterocycles. The van der Waals surface area contributed by atoms with Gasteiger partial charge in [0.15, 0.2) is 16.6 Å². The highest BCUT2D eigenvalue weighted by Gasteiger charge is 2.48. The second kappa shape index (κ2) is 12.7. The summed E-state index contributed by atoms with van der Waals surface area (Å²) in [6.45, 7) is 7.02. The monoisotopic (exact) mass is 602 g/mol. The van der Waals surface area contributed by atoms with E-state index >= 15 is 0 Å². The number of nitrogens with zero attached hydrogens (tertiary/aromatic N) is 2. The molecule has 1 amide bonds. The minimum Gasteiger partial charge on any atom is -0.507 e. The van der Waals surface area contributed by atoms with Crippen LogP contribution >= 0.6 is 11.3 Å². The molecule has 1 N–H and O–H groups in total. The van der Waals surface area contributed by atoms with Gasteiger partial charge in [0.05, 0.1) is 49.3 Å². The average Bonchev–Trinajstić information content (AvgIpc) is 3.54. The van der Waals surface area contributed by atoms with Gasteiger partial charge in [-0.15, -0.1) is 0 Å². The average molecular weight is 603 g/mol. The number of ether oxygens (including phenoxy) is 4. The highest BCUT2D eigenvalue weighted by molar-refractivity contribution is 7.22. The molecular formula is C33H34N2O7S. The molecule has 0 radical (unpaired) electrons. The summed E-state index contributed by atoms with van der Waals surface area (Å²) in [7, 11) is 3.12. The van der Waals surface area contributed by atoms with E-state index in [4.69, 9.17) is 23.9 Å². The van der Waals surface area contributed by atoms with Crippen LogP contribution in [0.3, 0.4) is 0 Å². The number of aliphatic hydroxyl groups is 1. The molecule has 5 rings (SSSR count). The molecule has 1 aromatic heterocycles. The van der Waals surface area contributed by atoms with E-state index in [1.165, 1.54) is 16.2 Å². The van der Waals surface area contributed by atoms with Crippen molar-refractivity contribution in [3.8, 4) is 23.0 Å². The normalized spacial score (nSPS) is 16.2. The summed E-state index contributed by atoms with van der Waals surface area (Å²) in [5.74, 6) is 0.848. The summed E-state index contributed by atoms with van der Waals surface area (Å²) in [4.78, 5) is 33.4. The number of fused-ring (bicyclic) bond motifs is 1. The largest absolute Gasteiger partial charge is 0.507 e. The van der Waals surface area contributed by atoms with Crippen molar-refractivity contribution in [2.75, 3.05) is 32.3 Å². The number of amides is 1. The SMILES string of the molecule is CCOc1cc(C2/C(=C(\O)c3ccc(OC)cc3)C(=O)C(=O)N2c2nc3ccc(OC)cc3s2)ccc1OCCC(C)C. The van der Waals surface area contributed by atoms with Crippen LogP contribution in [0.1, 0.15) is 44.4 Å². The zero-order valence-corrected chi connectivity index (χ0v) is 25.6. The van der Waals surface area contributed by atoms with Crippen LogP contribution in [-0.2, 0) is 9.59 Å². The zero-order chi connectivity index (χ0) is 30.7. The summed E-state index contributed by atoms with van der Waals surface area (Å²) in [6.07, 6.45) is 0.873. The van der Waals surface area contributed by atoms with Gasteiger partial charge >= 0.3 is 5.91 Å². The second-order valence-corrected chi connectivity index (χ2v) is 11.4. The first-order chi connectivity index (χ1) is 20.7. The first-order valence-electron chi connectivity index (χ1n) is 14.0. The number of aromatic nitrogens is 1. The fourth-order valence-corrected chi connectivity index (χ4v) is 5.88. The maximum atomic E-state index is 13.7. The Morgan fingerprint density at radius 3 is 2.35 bits per heavy atom. The Kier molecular flexibility index (Phi) is 8.86. The standard InChI is InChI=1S/C33H34N2O7S/c1-6-41-26-17-21(9-14-25(26)42-16-15-19(2)3)29-28(30(36)20-7-10-22(39-4)11-8-20)31(37)32(38)35(29)33-34-24-13-12-23(40-5)18-27(24)43-33/h7-14,17-19,29,36H,6,15-16H2,1-5H3/b30-28+. The summed E-state index contributed by atoms with van der Waals surface area (Å²) in [5.41, 5.74) is 1.53. The van der Waals surface area contributed by atoms with E-state index < -0.39 is 17.7 Å². The molecule has 0 bridgehead atoms. The van der Waals surface area contributed by atoms with E-state index in [1.54, 1.807) is 68.8 Å². The highest BCUT2D eigenvalue weighted by Crippen LogP contribution is 2.46. The van der Waals surface area contributed by atoms with Crippen molar-refractivity contribution in [3.05, 3.63) is 77.4 Å². The molecule has 9 nitrogen and oxygen atoms in total. The molecule has 0 spiro atoms. The van der Waals surface area contributed by atoms with Gasteiger partial charge in [0, 0.05) is 5.56 Å². The molecule has 1 fully saturated rings. The summed E-state index contributed by atoms with van der Waals surface area (Å²) in [6, 6.07) is 16.4. The van der Waals surface area contributed by atoms with Crippen molar-refractivity contribution in [1.82, 2.24) is 4.98 Å². The van der Waals surface area contributed by atoms with Crippen molar-refractivity contribution < 1.29 is 33.6 Å². The van der Waals surface area contributed by atoms with Crippen molar-refractivity contribution >= 4 is 44.1 Å². The minimum absolute atomic E-state index is 0.0528. The van der Waals surface area contributed by atoms with E-state index in [2.05, 4.69) is 13.8 Å². The lowest BCUT2D eigenvalue weighted by Gasteiger charge is -2.24. The molecule has 10 heteroatoms. The number of ketones is 1. The highest BCUT2D eigenvalue weighted by atomic mass is 32.1. The molecule has 0 aliphatic carbocycles. The van der Waals surface area contributed by atoms with Gasteiger partial charge in [0.25, 0.3) is 5.78 Å². The maximum Gasteiger partial charge on any atom is 0.301 e. The van der Waals surface area contributed by atoms with Crippen LogP contribution in [0.4, 0.5) is 5.13 Å². The van der Waals surface area contributed by atoms with Crippen LogP contribution in [0.25, 0.3) is 16.0 Å². The molecule has 1 atom stereocenters. The molecule has 43 heavy (non-hydrogen) atoms. The van der Waals surface area contributed by atoms with Gasteiger partial charge in [-0.25, -0.2) is 4.98 Å². The number of Topliss-reactive ketones (excluding diaryl/α,β-unsaturated/α-hetero) is 1. The van der Waals surface area contributed by atoms with Crippen LogP contribution < -0.4 is 23.8 Å². The number of methoxy groups -OCH3 is 2. The number of hydrogen-bond acceptors (Lipinski definition) is 9. The van der Waals surface area contributed by atoms with E-state index in [9.17, 15) is 14.7 Å². The van der Waals surface area contributed by atoms with Gasteiger partial charge in [-0.05, 0) is 79.4 Å². The van der Waals surface area contributed by atoms with Gasteiger partial charge in [0.1, 0.15) is 17.3 Å². The van der Waals surface area contributed by atoms with E-state index in [0.29, 0.717) is 63.9 Å². The predicted octanol–water partition coefficient (Wildman–Crippen LogP) is 6.76. The third kappa shape index (κ3) is 6.01.